The maximum Gasteiger partial charge on any atom is 0.152 e. The van der Waals surface area contributed by atoms with Crippen LogP contribution >= 0.6 is 0 Å². The van der Waals surface area contributed by atoms with Crippen LogP contribution in [0.1, 0.15) is 58.8 Å². The molecule has 2 rings (SSSR count). The third-order valence-corrected chi connectivity index (χ3v) is 2.25. The first-order chi connectivity index (χ1) is 8.20. The minimum Gasteiger partial charge on any atom is -0.459 e. The summed E-state index contributed by atoms with van der Waals surface area (Å²) in [5, 5.41) is 0. The second-order valence-electron chi connectivity index (χ2n) is 3.58. The molecule has 0 saturated heterocycles. The minimum absolute atomic E-state index is 0.469. The Labute approximate surface area is 105 Å². The molecule has 2 aromatic heterocycles. The Hall–Kier alpha value is -1.31. The zero-order valence-corrected chi connectivity index (χ0v) is 12.2. The highest BCUT2D eigenvalue weighted by atomic mass is 16.3. The third kappa shape index (κ3) is 3.58. The Morgan fingerprint density at radius 2 is 1.71 bits per heavy atom. The molecule has 0 aromatic carbocycles. The maximum absolute atomic E-state index is 5.60. The van der Waals surface area contributed by atoms with Crippen LogP contribution in [0.3, 0.4) is 0 Å². The van der Waals surface area contributed by atoms with Crippen molar-refractivity contribution in [1.29, 1.82) is 0 Å². The summed E-state index contributed by atoms with van der Waals surface area (Å²) in [4.78, 5) is 4.33. The Balaban J connectivity index is 0.000000581. The summed E-state index contributed by atoms with van der Waals surface area (Å²) in [5.74, 6) is 1.46. The number of hydrogen-bond donors (Lipinski definition) is 0. The number of aromatic nitrogens is 1. The van der Waals surface area contributed by atoms with Crippen molar-refractivity contribution in [3.05, 3.63) is 29.7 Å². The van der Waals surface area contributed by atoms with Gasteiger partial charge in [-0.15, -0.1) is 0 Å². The molecule has 0 saturated carbocycles. The first-order valence-corrected chi connectivity index (χ1v) is 6.54. The van der Waals surface area contributed by atoms with Gasteiger partial charge in [-0.2, -0.15) is 0 Å². The van der Waals surface area contributed by atoms with Crippen LogP contribution in [-0.2, 0) is 0 Å². The van der Waals surface area contributed by atoms with Crippen LogP contribution in [0.25, 0.3) is 11.1 Å². The number of fused-ring (bicyclic) bond motifs is 1. The second kappa shape index (κ2) is 7.88. The first kappa shape index (κ1) is 15.7. The molecule has 2 heterocycles. The summed E-state index contributed by atoms with van der Waals surface area (Å²) in [6.45, 7) is 14.3. The number of rotatable bonds is 1. The molecule has 0 amide bonds. The van der Waals surface area contributed by atoms with Gasteiger partial charge in [0.2, 0.25) is 0 Å². The predicted molar refractivity (Wildman–Crippen MR) is 75.5 cm³/mol. The predicted octanol–water partition coefficient (Wildman–Crippen LogP) is 5.31. The minimum atomic E-state index is 0.469. The lowest BCUT2D eigenvalue weighted by Gasteiger charge is -2.01. The van der Waals surface area contributed by atoms with Crippen molar-refractivity contribution in [1.82, 2.24) is 4.98 Å². The first-order valence-electron chi connectivity index (χ1n) is 6.54. The number of aryl methyl sites for hydroxylation is 1. The molecular weight excluding hydrogens is 210 g/mol. The molecule has 0 spiro atoms. The topological polar surface area (TPSA) is 26.0 Å². The zero-order valence-electron chi connectivity index (χ0n) is 12.2. The van der Waals surface area contributed by atoms with Crippen molar-refractivity contribution in [3.8, 4) is 0 Å². The van der Waals surface area contributed by atoms with Crippen LogP contribution in [-0.4, -0.2) is 4.98 Å². The van der Waals surface area contributed by atoms with Gasteiger partial charge in [0.05, 0.1) is 0 Å². The van der Waals surface area contributed by atoms with Gasteiger partial charge in [0.25, 0.3) is 0 Å². The van der Waals surface area contributed by atoms with Crippen LogP contribution in [0, 0.1) is 6.92 Å². The molecule has 0 aliphatic heterocycles. The van der Waals surface area contributed by atoms with E-state index in [2.05, 4.69) is 18.8 Å². The normalized spacial score (nSPS) is 9.41. The summed E-state index contributed by atoms with van der Waals surface area (Å²) < 4.78 is 5.60. The highest BCUT2D eigenvalue weighted by Gasteiger charge is 2.13. The van der Waals surface area contributed by atoms with E-state index in [4.69, 9.17) is 4.42 Å². The van der Waals surface area contributed by atoms with Gasteiger partial charge in [0.1, 0.15) is 11.3 Å². The van der Waals surface area contributed by atoms with E-state index >= 15 is 0 Å². The van der Waals surface area contributed by atoms with Crippen molar-refractivity contribution in [2.45, 2.75) is 54.4 Å². The molecule has 0 unspecified atom stereocenters. The van der Waals surface area contributed by atoms with Gasteiger partial charge in [-0.3, -0.25) is 4.98 Å². The standard InChI is InChI=1S/C11H13NO.2C2H6/c1-7(2)10-8(3)13-9-5-4-6-12-11(9)10;2*1-2/h4-7H,1-3H3;2*1-2H3. The van der Waals surface area contributed by atoms with E-state index in [1.54, 1.807) is 0 Å². The van der Waals surface area contributed by atoms with Gasteiger partial charge < -0.3 is 4.42 Å². The fourth-order valence-electron chi connectivity index (χ4n) is 1.74. The van der Waals surface area contributed by atoms with Crippen molar-refractivity contribution in [2.75, 3.05) is 0 Å². The highest BCUT2D eigenvalue weighted by Crippen LogP contribution is 2.29. The fraction of sp³-hybridized carbons (Fsp3) is 0.533. The molecule has 2 nitrogen and oxygen atoms in total. The van der Waals surface area contributed by atoms with E-state index in [0.29, 0.717) is 5.92 Å². The SMILES string of the molecule is CC.CC.Cc1oc2cccnc2c1C(C)C. The molecule has 96 valence electrons. The van der Waals surface area contributed by atoms with Gasteiger partial charge in [0, 0.05) is 11.8 Å². The van der Waals surface area contributed by atoms with Crippen LogP contribution in [0.4, 0.5) is 0 Å². The molecule has 2 heteroatoms. The van der Waals surface area contributed by atoms with E-state index in [-0.39, 0.29) is 0 Å². The van der Waals surface area contributed by atoms with E-state index in [1.165, 1.54) is 5.56 Å². The molecule has 0 radical (unpaired) electrons. The Morgan fingerprint density at radius 1 is 1.12 bits per heavy atom. The van der Waals surface area contributed by atoms with Crippen LogP contribution in [0.2, 0.25) is 0 Å². The monoisotopic (exact) mass is 235 g/mol. The molecule has 0 aliphatic rings. The summed E-state index contributed by atoms with van der Waals surface area (Å²) in [7, 11) is 0. The Bertz CT molecular complexity index is 429. The van der Waals surface area contributed by atoms with E-state index in [0.717, 1.165) is 16.9 Å². The van der Waals surface area contributed by atoms with Crippen LogP contribution < -0.4 is 0 Å². The van der Waals surface area contributed by atoms with Gasteiger partial charge in [-0.05, 0) is 25.0 Å². The van der Waals surface area contributed by atoms with E-state index in [1.807, 2.05) is 52.9 Å². The van der Waals surface area contributed by atoms with Crippen molar-refractivity contribution in [3.63, 3.8) is 0 Å². The summed E-state index contributed by atoms with van der Waals surface area (Å²) in [6.07, 6.45) is 1.81. The van der Waals surface area contributed by atoms with Crippen molar-refractivity contribution >= 4 is 11.1 Å². The maximum atomic E-state index is 5.60. The van der Waals surface area contributed by atoms with E-state index < -0.39 is 0 Å². The molecule has 2 aromatic rings. The molecular formula is C15H25NO. The van der Waals surface area contributed by atoms with Crippen molar-refractivity contribution in [2.24, 2.45) is 0 Å². The van der Waals surface area contributed by atoms with Gasteiger partial charge in [0.15, 0.2) is 5.58 Å². The number of nitrogens with zero attached hydrogens (tertiary/aromatic N) is 1. The number of furan rings is 1. The lowest BCUT2D eigenvalue weighted by molar-refractivity contribution is 0.568. The number of hydrogen-bond acceptors (Lipinski definition) is 2. The van der Waals surface area contributed by atoms with Crippen LogP contribution in [0.15, 0.2) is 22.7 Å². The summed E-state index contributed by atoms with van der Waals surface area (Å²) in [5.41, 5.74) is 3.13. The Morgan fingerprint density at radius 3 is 2.24 bits per heavy atom. The Kier molecular flexibility index (Phi) is 7.27. The smallest absolute Gasteiger partial charge is 0.152 e. The molecule has 0 fully saturated rings. The molecule has 0 bridgehead atoms. The summed E-state index contributed by atoms with van der Waals surface area (Å²) in [6, 6.07) is 3.86. The van der Waals surface area contributed by atoms with Crippen LogP contribution in [0.5, 0.6) is 0 Å². The molecule has 17 heavy (non-hydrogen) atoms. The quantitative estimate of drug-likeness (QED) is 0.669. The average molecular weight is 235 g/mol. The highest BCUT2D eigenvalue weighted by molar-refractivity contribution is 5.78. The summed E-state index contributed by atoms with van der Waals surface area (Å²) >= 11 is 0. The number of pyridine rings is 1. The van der Waals surface area contributed by atoms with Gasteiger partial charge in [-0.25, -0.2) is 0 Å². The van der Waals surface area contributed by atoms with Gasteiger partial charge >= 0.3 is 0 Å². The van der Waals surface area contributed by atoms with Crippen molar-refractivity contribution < 1.29 is 4.42 Å². The zero-order chi connectivity index (χ0) is 13.4. The molecule has 0 aliphatic carbocycles. The lowest BCUT2D eigenvalue weighted by Crippen LogP contribution is -1.88. The molecule has 0 N–H and O–H groups in total. The fourth-order valence-corrected chi connectivity index (χ4v) is 1.74. The lowest BCUT2D eigenvalue weighted by atomic mass is 10.0. The average Bonchev–Trinajstić information content (AvgIpc) is 2.70. The third-order valence-electron chi connectivity index (χ3n) is 2.25. The molecule has 0 atom stereocenters. The van der Waals surface area contributed by atoms with Gasteiger partial charge in [-0.1, -0.05) is 41.5 Å². The largest absolute Gasteiger partial charge is 0.459 e. The van der Waals surface area contributed by atoms with E-state index in [9.17, 15) is 0 Å². The second-order valence-corrected chi connectivity index (χ2v) is 3.58.